The smallest absolute Gasteiger partial charge is 0.305 e. The van der Waals surface area contributed by atoms with Gasteiger partial charge in [0.25, 0.3) is 0 Å². The van der Waals surface area contributed by atoms with Crippen LogP contribution in [0.3, 0.4) is 0 Å². The molecule has 490 valence electrons. The molecule has 1 aliphatic heterocycles. The zero-order chi connectivity index (χ0) is 60.9. The van der Waals surface area contributed by atoms with E-state index >= 15 is 0 Å². The molecule has 1 saturated heterocycles. The Labute approximate surface area is 516 Å². The summed E-state index contributed by atoms with van der Waals surface area (Å²) in [4.78, 5) is 25.1. The number of unbranched alkanes of at least 4 members (excludes halogenated alkanes) is 40. The molecule has 0 aromatic heterocycles. The lowest BCUT2D eigenvalue weighted by atomic mass is 9.99. The summed E-state index contributed by atoms with van der Waals surface area (Å²) in [6.07, 6.45) is 72.3. The van der Waals surface area contributed by atoms with Crippen molar-refractivity contribution in [3.05, 3.63) is 60.8 Å². The number of aliphatic hydroxyl groups excluding tert-OH is 5. The average molecular weight is 1180 g/mol. The first-order valence-corrected chi connectivity index (χ1v) is 35.6. The molecule has 1 amide bonds. The van der Waals surface area contributed by atoms with Crippen LogP contribution in [0.5, 0.6) is 0 Å². The van der Waals surface area contributed by atoms with Crippen LogP contribution < -0.4 is 5.32 Å². The first kappa shape index (κ1) is 79.4. The maximum absolute atomic E-state index is 13.0. The van der Waals surface area contributed by atoms with E-state index in [9.17, 15) is 35.1 Å². The lowest BCUT2D eigenvalue weighted by molar-refractivity contribution is -0.302. The third kappa shape index (κ3) is 50.4. The molecule has 11 heteroatoms. The molecule has 6 N–H and O–H groups in total. The highest BCUT2D eigenvalue weighted by Crippen LogP contribution is 2.23. The number of ether oxygens (including phenoxy) is 3. The van der Waals surface area contributed by atoms with Gasteiger partial charge in [-0.3, -0.25) is 9.59 Å². The molecular formula is C73H133NO10. The molecule has 1 rings (SSSR count). The van der Waals surface area contributed by atoms with E-state index in [0.717, 1.165) is 64.2 Å². The van der Waals surface area contributed by atoms with E-state index in [0.29, 0.717) is 19.4 Å². The lowest BCUT2D eigenvalue weighted by Gasteiger charge is -2.40. The van der Waals surface area contributed by atoms with E-state index in [-0.39, 0.29) is 18.5 Å². The summed E-state index contributed by atoms with van der Waals surface area (Å²) in [5.41, 5.74) is 0. The maximum Gasteiger partial charge on any atom is 0.305 e. The zero-order valence-electron chi connectivity index (χ0n) is 54.4. The van der Waals surface area contributed by atoms with E-state index in [1.54, 1.807) is 6.08 Å². The highest BCUT2D eigenvalue weighted by Gasteiger charge is 2.44. The SMILES string of the molecule is CCCCC/C=C\CCCCCCCC(=O)OCCCCCCCCCCC/C=C\C/C=C\CCCCCCCCCCCCCCCCCCCC(=O)NC(COC1OC(CO)C(O)C(O)C1O)C(O)/C=C/CC/C=C/CCCCCCC. The number of rotatable bonds is 62. The molecule has 0 radical (unpaired) electrons. The van der Waals surface area contributed by atoms with Crippen LogP contribution in [0.25, 0.3) is 0 Å². The first-order chi connectivity index (χ1) is 41.2. The van der Waals surface area contributed by atoms with Crippen molar-refractivity contribution < 1.29 is 49.3 Å². The molecule has 84 heavy (non-hydrogen) atoms. The third-order valence-corrected chi connectivity index (χ3v) is 16.6. The van der Waals surface area contributed by atoms with Crippen LogP contribution in [0, 0.1) is 0 Å². The molecule has 7 atom stereocenters. The monoisotopic (exact) mass is 1180 g/mol. The number of carbonyl (C=O) groups is 2. The number of nitrogens with one attached hydrogen (secondary N) is 1. The van der Waals surface area contributed by atoms with Gasteiger partial charge in [0.15, 0.2) is 6.29 Å². The largest absolute Gasteiger partial charge is 0.466 e. The summed E-state index contributed by atoms with van der Waals surface area (Å²) >= 11 is 0. The number of aliphatic hydroxyl groups is 5. The van der Waals surface area contributed by atoms with Crippen LogP contribution in [0.15, 0.2) is 60.8 Å². The molecule has 0 aromatic carbocycles. The summed E-state index contributed by atoms with van der Waals surface area (Å²) in [6.45, 7) is 4.30. The molecule has 0 aliphatic carbocycles. The van der Waals surface area contributed by atoms with Gasteiger partial charge in [0.2, 0.25) is 5.91 Å². The molecule has 0 bridgehead atoms. The van der Waals surface area contributed by atoms with Crippen molar-refractivity contribution >= 4 is 11.9 Å². The number of carbonyl (C=O) groups excluding carboxylic acids is 2. The highest BCUT2D eigenvalue weighted by molar-refractivity contribution is 5.76. The molecule has 0 spiro atoms. The summed E-state index contributed by atoms with van der Waals surface area (Å²) in [5.74, 6) is -0.194. The fourth-order valence-corrected chi connectivity index (χ4v) is 10.9. The topological polar surface area (TPSA) is 175 Å². The number of hydrogen-bond acceptors (Lipinski definition) is 10. The van der Waals surface area contributed by atoms with Crippen molar-refractivity contribution in [3.8, 4) is 0 Å². The molecule has 11 nitrogen and oxygen atoms in total. The normalized spacial score (nSPS) is 18.4. The maximum atomic E-state index is 13.0. The van der Waals surface area contributed by atoms with Crippen molar-refractivity contribution in [2.24, 2.45) is 0 Å². The Kier molecular flexibility index (Phi) is 58.6. The van der Waals surface area contributed by atoms with Gasteiger partial charge < -0.3 is 45.1 Å². The van der Waals surface area contributed by atoms with Gasteiger partial charge in [-0.05, 0) is 103 Å². The van der Waals surface area contributed by atoms with Crippen LogP contribution in [0.2, 0.25) is 0 Å². The van der Waals surface area contributed by atoms with Gasteiger partial charge in [-0.2, -0.15) is 0 Å². The van der Waals surface area contributed by atoms with Crippen molar-refractivity contribution in [2.75, 3.05) is 19.8 Å². The van der Waals surface area contributed by atoms with Gasteiger partial charge in [0.1, 0.15) is 24.4 Å². The quantitative estimate of drug-likeness (QED) is 0.0195. The van der Waals surface area contributed by atoms with Gasteiger partial charge in [0, 0.05) is 12.8 Å². The van der Waals surface area contributed by atoms with Crippen molar-refractivity contribution in [1.29, 1.82) is 0 Å². The molecule has 1 fully saturated rings. The standard InChI is InChI=1S/C73H133NO10/c1-3-5-7-9-11-13-15-41-45-49-53-57-61-69(78)82-62-58-54-50-46-42-38-36-34-32-30-28-26-24-22-20-18-16-17-19-21-23-25-27-29-31-33-35-37-40-44-48-52-56-60-68(77)74-65(64-83-73-72(81)71(80)70(79)67(63-75)84-73)66(76)59-55-51-47-43-39-14-12-10-8-6-4-2/h11,13,20,22,26,28,39,43,55,59,65-67,70-73,75-76,79-81H,3-10,12,14-19,21,23-25,27,29-38,40-42,44-54,56-58,60-64H2,1-2H3,(H,74,77)/b13-11-,22-20-,28-26-,43-39+,59-55+. The Morgan fingerprint density at radius 1 is 0.440 bits per heavy atom. The van der Waals surface area contributed by atoms with Gasteiger partial charge in [-0.1, -0.05) is 274 Å². The lowest BCUT2D eigenvalue weighted by Crippen LogP contribution is -2.60. The number of allylic oxidation sites excluding steroid dienone is 9. The number of amides is 1. The second-order valence-corrected chi connectivity index (χ2v) is 24.6. The van der Waals surface area contributed by atoms with Crippen molar-refractivity contribution in [2.45, 2.75) is 371 Å². The predicted molar refractivity (Wildman–Crippen MR) is 352 cm³/mol. The molecular weight excluding hydrogens is 1050 g/mol. The first-order valence-electron chi connectivity index (χ1n) is 35.6. The Bertz CT molecular complexity index is 1580. The van der Waals surface area contributed by atoms with Crippen LogP contribution in [0.4, 0.5) is 0 Å². The minimum absolute atomic E-state index is 0.00374. The minimum Gasteiger partial charge on any atom is -0.466 e. The Balaban J connectivity index is 1.95. The van der Waals surface area contributed by atoms with E-state index < -0.39 is 49.5 Å². The van der Waals surface area contributed by atoms with Crippen LogP contribution >= 0.6 is 0 Å². The van der Waals surface area contributed by atoms with E-state index in [2.05, 4.69) is 67.8 Å². The molecule has 0 aromatic rings. The van der Waals surface area contributed by atoms with E-state index in [1.165, 1.54) is 238 Å². The molecule has 7 unspecified atom stereocenters. The van der Waals surface area contributed by atoms with E-state index in [4.69, 9.17) is 14.2 Å². The Morgan fingerprint density at radius 2 is 0.810 bits per heavy atom. The fourth-order valence-electron chi connectivity index (χ4n) is 10.9. The van der Waals surface area contributed by atoms with Gasteiger partial charge >= 0.3 is 5.97 Å². The van der Waals surface area contributed by atoms with Crippen LogP contribution in [-0.4, -0.2) is 100 Å². The summed E-state index contributed by atoms with van der Waals surface area (Å²) in [6, 6.07) is -0.826. The minimum atomic E-state index is -1.58. The second kappa shape index (κ2) is 62.0. The number of esters is 1. The van der Waals surface area contributed by atoms with Crippen LogP contribution in [-0.2, 0) is 23.8 Å². The van der Waals surface area contributed by atoms with Gasteiger partial charge in [0.05, 0.1) is 32.0 Å². The number of hydrogen-bond donors (Lipinski definition) is 6. The van der Waals surface area contributed by atoms with Crippen molar-refractivity contribution in [3.63, 3.8) is 0 Å². The molecule has 1 heterocycles. The summed E-state index contributed by atoms with van der Waals surface area (Å²) < 4.78 is 16.7. The van der Waals surface area contributed by atoms with E-state index in [1.807, 2.05) is 6.08 Å². The zero-order valence-corrected chi connectivity index (χ0v) is 54.4. The predicted octanol–water partition coefficient (Wildman–Crippen LogP) is 18.1. The van der Waals surface area contributed by atoms with Crippen molar-refractivity contribution in [1.82, 2.24) is 5.32 Å². The van der Waals surface area contributed by atoms with Gasteiger partial charge in [-0.15, -0.1) is 0 Å². The fraction of sp³-hybridized carbons (Fsp3) is 0.836. The Morgan fingerprint density at radius 3 is 1.27 bits per heavy atom. The highest BCUT2D eigenvalue weighted by atomic mass is 16.7. The summed E-state index contributed by atoms with van der Waals surface area (Å²) in [5, 5.41) is 54.4. The molecule has 0 saturated carbocycles. The second-order valence-electron chi connectivity index (χ2n) is 24.6. The summed E-state index contributed by atoms with van der Waals surface area (Å²) in [7, 11) is 0. The average Bonchev–Trinajstić information content (AvgIpc) is 3.50. The van der Waals surface area contributed by atoms with Crippen LogP contribution in [0.1, 0.15) is 328 Å². The molecule has 1 aliphatic rings. The third-order valence-electron chi connectivity index (χ3n) is 16.6. The Hall–Kier alpha value is -2.64. The van der Waals surface area contributed by atoms with Gasteiger partial charge in [-0.25, -0.2) is 0 Å².